The van der Waals surface area contributed by atoms with E-state index >= 15 is 0 Å². The van der Waals surface area contributed by atoms with E-state index in [2.05, 4.69) is 18.8 Å². The molecule has 2 unspecified atom stereocenters. The summed E-state index contributed by atoms with van der Waals surface area (Å²) in [4.78, 5) is 17.9. The maximum absolute atomic E-state index is 13.5. The first kappa shape index (κ1) is 23.5. The van der Waals surface area contributed by atoms with Crippen molar-refractivity contribution in [3.05, 3.63) is 36.5 Å². The van der Waals surface area contributed by atoms with Gasteiger partial charge < -0.3 is 9.84 Å². The lowest BCUT2D eigenvalue weighted by molar-refractivity contribution is -0.151. The minimum atomic E-state index is -0.480. The Morgan fingerprint density at radius 2 is 1.83 bits per heavy atom. The molecular formula is C31H41NO3. The highest BCUT2D eigenvalue weighted by atomic mass is 16.5. The Hall–Kier alpha value is -1.94. The van der Waals surface area contributed by atoms with Crippen LogP contribution in [0.4, 0.5) is 0 Å². The van der Waals surface area contributed by atoms with Crippen LogP contribution in [0.15, 0.2) is 36.5 Å². The topological polar surface area (TPSA) is 59.4 Å². The minimum Gasteiger partial charge on any atom is -0.486 e. The number of fused-ring (bicyclic) bond motifs is 6. The van der Waals surface area contributed by atoms with Crippen LogP contribution in [0.25, 0.3) is 10.9 Å². The molecule has 1 aromatic carbocycles. The van der Waals surface area contributed by atoms with Crippen molar-refractivity contribution in [3.8, 4) is 5.75 Å². The zero-order valence-corrected chi connectivity index (χ0v) is 21.6. The number of carbonyl (C=O) groups excluding carboxylic acids is 1. The van der Waals surface area contributed by atoms with Crippen molar-refractivity contribution in [1.82, 2.24) is 4.98 Å². The number of nitrogens with zero attached hydrogens (tertiary/aromatic N) is 1. The molecule has 1 N–H and O–H groups in total. The van der Waals surface area contributed by atoms with Gasteiger partial charge in [0.15, 0.2) is 5.78 Å². The predicted molar refractivity (Wildman–Crippen MR) is 138 cm³/mol. The zero-order chi connectivity index (χ0) is 24.4. The zero-order valence-electron chi connectivity index (χ0n) is 21.6. The van der Waals surface area contributed by atoms with E-state index < -0.39 is 5.60 Å². The summed E-state index contributed by atoms with van der Waals surface area (Å²) in [7, 11) is 0. The minimum absolute atomic E-state index is 0.109. The molecule has 0 radical (unpaired) electrons. The summed E-state index contributed by atoms with van der Waals surface area (Å²) in [6.45, 7) is 7.17. The lowest BCUT2D eigenvalue weighted by atomic mass is 9.44. The van der Waals surface area contributed by atoms with E-state index in [-0.39, 0.29) is 23.7 Å². The van der Waals surface area contributed by atoms with Crippen molar-refractivity contribution >= 4 is 16.7 Å². The van der Waals surface area contributed by atoms with Crippen molar-refractivity contribution in [2.24, 2.45) is 40.4 Å². The average molecular weight is 476 g/mol. The number of carbonyl (C=O) groups is 1. The van der Waals surface area contributed by atoms with Crippen LogP contribution in [-0.4, -0.2) is 28.1 Å². The lowest BCUT2D eigenvalue weighted by Crippen LogP contribution is -2.55. The van der Waals surface area contributed by atoms with Gasteiger partial charge in [-0.3, -0.25) is 9.78 Å². The molecule has 4 saturated carbocycles. The molecule has 1 aromatic heterocycles. The molecular weight excluding hydrogens is 434 g/mol. The number of benzene rings is 1. The summed E-state index contributed by atoms with van der Waals surface area (Å²) in [6, 6.07) is 9.83. The van der Waals surface area contributed by atoms with E-state index in [1.165, 1.54) is 25.7 Å². The van der Waals surface area contributed by atoms with Gasteiger partial charge >= 0.3 is 0 Å². The molecule has 0 spiro atoms. The monoisotopic (exact) mass is 475 g/mol. The Morgan fingerprint density at radius 3 is 2.69 bits per heavy atom. The van der Waals surface area contributed by atoms with E-state index in [0.717, 1.165) is 60.6 Å². The van der Waals surface area contributed by atoms with Gasteiger partial charge in [0.05, 0.1) is 11.1 Å². The first-order valence-corrected chi connectivity index (χ1v) is 13.9. The molecule has 0 amide bonds. The highest BCUT2D eigenvalue weighted by molar-refractivity contribution is 5.84. The van der Waals surface area contributed by atoms with E-state index in [1.807, 2.05) is 37.3 Å². The van der Waals surface area contributed by atoms with E-state index in [1.54, 1.807) is 6.20 Å². The van der Waals surface area contributed by atoms with Crippen molar-refractivity contribution in [3.63, 3.8) is 0 Å². The molecule has 2 aromatic rings. The number of ether oxygens (including phenoxy) is 1. The second kappa shape index (κ2) is 8.30. The summed E-state index contributed by atoms with van der Waals surface area (Å²) >= 11 is 0. The molecule has 188 valence electrons. The molecule has 4 aliphatic carbocycles. The SMILES string of the molecule is CC1(O)CC[C@@]2(C)C(CC[C@H]3[C@@H]4CC[C@H](C(=O)COc5ccc6ncccc6c5)[C@@]4(C)CC[C@@H]32)C1. The highest BCUT2D eigenvalue weighted by Crippen LogP contribution is 2.68. The highest BCUT2D eigenvalue weighted by Gasteiger charge is 2.61. The third-order valence-electron chi connectivity index (χ3n) is 11.3. The van der Waals surface area contributed by atoms with Crippen LogP contribution in [0.2, 0.25) is 0 Å². The van der Waals surface area contributed by atoms with Crippen LogP contribution in [0.1, 0.15) is 78.6 Å². The van der Waals surface area contributed by atoms with Crippen molar-refractivity contribution in [2.45, 2.75) is 84.2 Å². The summed E-state index contributed by atoms with van der Waals surface area (Å²) in [5, 5.41) is 11.8. The molecule has 0 saturated heterocycles. The Bertz CT molecular complexity index is 1130. The number of hydrogen-bond acceptors (Lipinski definition) is 4. The predicted octanol–water partition coefficient (Wildman–Crippen LogP) is 6.59. The van der Waals surface area contributed by atoms with Gasteiger partial charge in [0.25, 0.3) is 0 Å². The molecule has 1 heterocycles. The van der Waals surface area contributed by atoms with Gasteiger partial charge in [-0.05, 0) is 123 Å². The lowest BCUT2D eigenvalue weighted by Gasteiger charge is -2.61. The van der Waals surface area contributed by atoms with Gasteiger partial charge in [-0.2, -0.15) is 0 Å². The van der Waals surface area contributed by atoms with Gasteiger partial charge in [-0.15, -0.1) is 0 Å². The third kappa shape index (κ3) is 3.82. The molecule has 35 heavy (non-hydrogen) atoms. The van der Waals surface area contributed by atoms with E-state index in [9.17, 15) is 9.90 Å². The fourth-order valence-corrected chi connectivity index (χ4v) is 9.36. The normalized spacial score (nSPS) is 42.7. The average Bonchev–Trinajstić information content (AvgIpc) is 3.20. The van der Waals surface area contributed by atoms with E-state index in [0.29, 0.717) is 17.3 Å². The summed E-state index contributed by atoms with van der Waals surface area (Å²) in [5.74, 6) is 3.96. The van der Waals surface area contributed by atoms with Crippen molar-refractivity contribution in [1.29, 1.82) is 0 Å². The smallest absolute Gasteiger partial charge is 0.173 e. The Balaban J connectivity index is 1.15. The Labute approximate surface area is 209 Å². The van der Waals surface area contributed by atoms with Crippen LogP contribution in [-0.2, 0) is 4.79 Å². The molecule has 8 atom stereocenters. The van der Waals surface area contributed by atoms with Crippen molar-refractivity contribution in [2.75, 3.05) is 6.61 Å². The van der Waals surface area contributed by atoms with Crippen LogP contribution in [0.5, 0.6) is 5.75 Å². The largest absolute Gasteiger partial charge is 0.486 e. The van der Waals surface area contributed by atoms with Gasteiger partial charge in [0.1, 0.15) is 12.4 Å². The van der Waals surface area contributed by atoms with Crippen LogP contribution in [0, 0.1) is 40.4 Å². The van der Waals surface area contributed by atoms with Crippen LogP contribution < -0.4 is 4.74 Å². The third-order valence-corrected chi connectivity index (χ3v) is 11.3. The number of rotatable bonds is 4. The second-order valence-corrected chi connectivity index (χ2v) is 13.1. The van der Waals surface area contributed by atoms with Gasteiger partial charge in [-0.25, -0.2) is 0 Å². The molecule has 4 fully saturated rings. The first-order chi connectivity index (χ1) is 16.7. The Kier molecular flexibility index (Phi) is 5.56. The fraction of sp³-hybridized carbons (Fsp3) is 0.677. The molecule has 0 bridgehead atoms. The number of hydrogen-bond donors (Lipinski definition) is 1. The maximum atomic E-state index is 13.5. The summed E-state index contributed by atoms with van der Waals surface area (Å²) < 4.78 is 6.02. The quantitative estimate of drug-likeness (QED) is 0.542. The second-order valence-electron chi connectivity index (χ2n) is 13.1. The molecule has 6 rings (SSSR count). The van der Waals surface area contributed by atoms with Crippen LogP contribution in [0.3, 0.4) is 0 Å². The Morgan fingerprint density at radius 1 is 1.00 bits per heavy atom. The number of aromatic nitrogens is 1. The van der Waals surface area contributed by atoms with Gasteiger partial charge in [-0.1, -0.05) is 19.9 Å². The number of Topliss-reactive ketones (excluding diaryl/α,β-unsaturated/α-hetero) is 1. The van der Waals surface area contributed by atoms with Crippen molar-refractivity contribution < 1.29 is 14.6 Å². The first-order valence-electron chi connectivity index (χ1n) is 13.9. The standard InChI is InChI=1S/C31H41NO3/c1-29(34)14-15-30(2)21(18-29)6-8-23-24-9-10-26(31(24,3)13-12-25(23)30)28(33)19-35-22-7-11-27-20(17-22)5-4-16-32-27/h4-5,7,11,16-17,21,23-26,34H,6,8-10,12-15,18-19H2,1-3H3/t21?,23-,24-,25-,26+,29?,30-,31-/m0/s1. The molecule has 4 aliphatic rings. The van der Waals surface area contributed by atoms with Gasteiger partial charge in [0.2, 0.25) is 0 Å². The summed E-state index contributed by atoms with van der Waals surface area (Å²) in [6.07, 6.45) is 12.0. The number of ketones is 1. The molecule has 4 heteroatoms. The van der Waals surface area contributed by atoms with Crippen LogP contribution >= 0.6 is 0 Å². The maximum Gasteiger partial charge on any atom is 0.173 e. The number of pyridine rings is 1. The molecule has 4 nitrogen and oxygen atoms in total. The van der Waals surface area contributed by atoms with Gasteiger partial charge in [0, 0.05) is 17.5 Å². The number of aliphatic hydroxyl groups is 1. The molecule has 0 aliphatic heterocycles. The fourth-order valence-electron chi connectivity index (χ4n) is 9.36. The van der Waals surface area contributed by atoms with E-state index in [4.69, 9.17) is 4.74 Å². The summed E-state index contributed by atoms with van der Waals surface area (Å²) in [5.41, 5.74) is 0.937.